The van der Waals surface area contributed by atoms with Crippen molar-refractivity contribution in [2.24, 2.45) is 17.8 Å². The Morgan fingerprint density at radius 3 is 2.06 bits per heavy atom. The van der Waals surface area contributed by atoms with E-state index in [-0.39, 0.29) is 13.0 Å². The molecule has 31 heavy (non-hydrogen) atoms. The van der Waals surface area contributed by atoms with Gasteiger partial charge in [-0.25, -0.2) is 0 Å². The molecule has 180 valence electrons. The molecular formula is C29H52O2. The van der Waals surface area contributed by atoms with Crippen molar-refractivity contribution in [1.82, 2.24) is 0 Å². The molecule has 0 aromatic heterocycles. The van der Waals surface area contributed by atoms with Crippen LogP contribution in [0.5, 0.6) is 11.5 Å². The average molecular weight is 433 g/mol. The Kier molecular flexibility index (Phi) is 11.5. The van der Waals surface area contributed by atoms with E-state index in [4.69, 9.17) is 4.74 Å². The van der Waals surface area contributed by atoms with Gasteiger partial charge in [0.05, 0.1) is 0 Å². The van der Waals surface area contributed by atoms with Gasteiger partial charge < -0.3 is 9.84 Å². The first-order chi connectivity index (χ1) is 14.1. The largest absolute Gasteiger partial charge is 0.508 e. The highest BCUT2D eigenvalue weighted by Crippen LogP contribution is 2.42. The summed E-state index contributed by atoms with van der Waals surface area (Å²) in [5, 5.41) is 10.1. The van der Waals surface area contributed by atoms with Crippen molar-refractivity contribution in [2.45, 2.75) is 132 Å². The van der Waals surface area contributed by atoms with Crippen LogP contribution in [0.3, 0.4) is 0 Å². The zero-order valence-electron chi connectivity index (χ0n) is 20.9. The number of phenols is 1. The van der Waals surface area contributed by atoms with Crippen molar-refractivity contribution in [3.8, 4) is 11.5 Å². The van der Waals surface area contributed by atoms with Crippen molar-refractivity contribution in [1.29, 1.82) is 0 Å². The SMILES string of the molecule is C.Cc1cc(O)c(C)c2c1OC(C)(CCCC(C)CCCC(C)CCCC(C)C)CC2. The van der Waals surface area contributed by atoms with Crippen LogP contribution in [0.1, 0.15) is 123 Å². The average Bonchev–Trinajstić information content (AvgIpc) is 2.66. The van der Waals surface area contributed by atoms with Crippen LogP contribution in [-0.2, 0) is 6.42 Å². The smallest absolute Gasteiger partial charge is 0.126 e. The van der Waals surface area contributed by atoms with Crippen LogP contribution in [-0.4, -0.2) is 10.7 Å². The Bertz CT molecular complexity index is 663. The molecule has 0 spiro atoms. The molecule has 1 N–H and O–H groups in total. The topological polar surface area (TPSA) is 29.5 Å². The van der Waals surface area contributed by atoms with E-state index < -0.39 is 0 Å². The lowest BCUT2D eigenvalue weighted by Crippen LogP contribution is -2.37. The zero-order chi connectivity index (χ0) is 22.3. The van der Waals surface area contributed by atoms with Gasteiger partial charge in [0.1, 0.15) is 17.1 Å². The molecule has 1 aliphatic heterocycles. The molecule has 0 saturated heterocycles. The van der Waals surface area contributed by atoms with E-state index >= 15 is 0 Å². The van der Waals surface area contributed by atoms with Crippen LogP contribution in [0, 0.1) is 31.6 Å². The first-order valence-electron chi connectivity index (χ1n) is 12.6. The quantitative estimate of drug-likeness (QED) is 0.356. The van der Waals surface area contributed by atoms with E-state index in [9.17, 15) is 5.11 Å². The number of phenolic OH excluding ortho intramolecular Hbond substituents is 1. The van der Waals surface area contributed by atoms with Crippen LogP contribution >= 0.6 is 0 Å². The lowest BCUT2D eigenvalue weighted by molar-refractivity contribution is 0.0512. The van der Waals surface area contributed by atoms with Gasteiger partial charge in [-0.1, -0.05) is 80.1 Å². The maximum absolute atomic E-state index is 10.1. The summed E-state index contributed by atoms with van der Waals surface area (Å²) in [6.07, 6.45) is 14.1. The second-order valence-corrected chi connectivity index (χ2v) is 11.1. The second kappa shape index (κ2) is 12.8. The molecule has 0 radical (unpaired) electrons. The van der Waals surface area contributed by atoms with Gasteiger partial charge in [-0.3, -0.25) is 0 Å². The molecule has 2 rings (SSSR count). The molecule has 3 atom stereocenters. The van der Waals surface area contributed by atoms with Gasteiger partial charge in [0, 0.05) is 5.56 Å². The molecule has 0 aliphatic carbocycles. The molecule has 0 bridgehead atoms. The number of hydrogen-bond acceptors (Lipinski definition) is 2. The summed E-state index contributed by atoms with van der Waals surface area (Å²) in [6.45, 7) is 15.9. The third-order valence-corrected chi connectivity index (χ3v) is 7.35. The third kappa shape index (κ3) is 8.70. The van der Waals surface area contributed by atoms with Gasteiger partial charge >= 0.3 is 0 Å². The predicted molar refractivity (Wildman–Crippen MR) is 136 cm³/mol. The Labute approximate surface area is 194 Å². The van der Waals surface area contributed by atoms with Gasteiger partial charge in [0.2, 0.25) is 0 Å². The van der Waals surface area contributed by atoms with Crippen molar-refractivity contribution in [3.05, 3.63) is 22.8 Å². The Morgan fingerprint density at radius 1 is 0.935 bits per heavy atom. The maximum Gasteiger partial charge on any atom is 0.126 e. The predicted octanol–water partition coefficient (Wildman–Crippen LogP) is 9.17. The maximum atomic E-state index is 10.1. The number of hydrogen-bond donors (Lipinski definition) is 1. The van der Waals surface area contributed by atoms with E-state index in [0.29, 0.717) is 5.75 Å². The molecule has 1 heterocycles. The number of ether oxygens (including phenoxy) is 1. The van der Waals surface area contributed by atoms with E-state index in [1.54, 1.807) is 0 Å². The molecule has 0 amide bonds. The number of aromatic hydroxyl groups is 1. The second-order valence-electron chi connectivity index (χ2n) is 11.1. The molecule has 2 heteroatoms. The molecule has 0 fully saturated rings. The van der Waals surface area contributed by atoms with Crippen LogP contribution in [0.2, 0.25) is 0 Å². The standard InChI is InChI=1S/C28H48O2.CH4/c1-20(2)11-8-12-21(3)13-9-14-22(4)15-10-17-28(7)18-16-25-24(6)26(29)19-23(5)27(25)30-28;/h19-22,29H,8-18H2,1-7H3;1H4. The number of benzene rings is 1. The van der Waals surface area contributed by atoms with E-state index in [1.165, 1.54) is 56.9 Å². The van der Waals surface area contributed by atoms with Crippen molar-refractivity contribution >= 4 is 0 Å². The van der Waals surface area contributed by atoms with Crippen LogP contribution in [0.4, 0.5) is 0 Å². The number of aryl methyl sites for hydroxylation is 1. The van der Waals surface area contributed by atoms with Crippen molar-refractivity contribution < 1.29 is 9.84 Å². The highest BCUT2D eigenvalue weighted by Gasteiger charge is 2.33. The Morgan fingerprint density at radius 2 is 1.48 bits per heavy atom. The summed E-state index contributed by atoms with van der Waals surface area (Å²) in [4.78, 5) is 0. The fraction of sp³-hybridized carbons (Fsp3) is 0.793. The summed E-state index contributed by atoms with van der Waals surface area (Å²) in [7, 11) is 0. The van der Waals surface area contributed by atoms with Crippen LogP contribution in [0.25, 0.3) is 0 Å². The molecule has 1 aromatic rings. The first kappa shape index (κ1) is 27.9. The fourth-order valence-corrected chi connectivity index (χ4v) is 5.05. The molecule has 1 aliphatic rings. The summed E-state index contributed by atoms with van der Waals surface area (Å²) in [6, 6.07) is 1.85. The van der Waals surface area contributed by atoms with Gasteiger partial charge in [-0.15, -0.1) is 0 Å². The highest BCUT2D eigenvalue weighted by molar-refractivity contribution is 5.53. The molecule has 1 aromatic carbocycles. The van der Waals surface area contributed by atoms with Gasteiger partial charge in [0.25, 0.3) is 0 Å². The lowest BCUT2D eigenvalue weighted by Gasteiger charge is -2.37. The normalized spacial score (nSPS) is 20.0. The highest BCUT2D eigenvalue weighted by atomic mass is 16.5. The van der Waals surface area contributed by atoms with Crippen LogP contribution < -0.4 is 4.74 Å². The first-order valence-corrected chi connectivity index (χ1v) is 12.6. The van der Waals surface area contributed by atoms with Gasteiger partial charge in [0.15, 0.2) is 0 Å². The zero-order valence-corrected chi connectivity index (χ0v) is 20.9. The summed E-state index contributed by atoms with van der Waals surface area (Å²) in [5.41, 5.74) is 3.20. The van der Waals surface area contributed by atoms with Gasteiger partial charge in [-0.05, 0) is 81.4 Å². The number of fused-ring (bicyclic) bond motifs is 1. The monoisotopic (exact) mass is 432 g/mol. The van der Waals surface area contributed by atoms with E-state index in [2.05, 4.69) is 41.5 Å². The molecular weight excluding hydrogens is 380 g/mol. The van der Waals surface area contributed by atoms with E-state index in [1.807, 2.05) is 13.0 Å². The van der Waals surface area contributed by atoms with Crippen molar-refractivity contribution in [3.63, 3.8) is 0 Å². The van der Waals surface area contributed by atoms with Gasteiger partial charge in [-0.2, -0.15) is 0 Å². The van der Waals surface area contributed by atoms with Crippen molar-refractivity contribution in [2.75, 3.05) is 0 Å². The minimum atomic E-state index is -0.0637. The molecule has 0 saturated carbocycles. The molecule has 2 nitrogen and oxygen atoms in total. The summed E-state index contributed by atoms with van der Waals surface area (Å²) < 4.78 is 6.52. The third-order valence-electron chi connectivity index (χ3n) is 7.35. The number of rotatable bonds is 12. The Hall–Kier alpha value is -1.18. The minimum Gasteiger partial charge on any atom is -0.508 e. The summed E-state index contributed by atoms with van der Waals surface area (Å²) in [5.74, 6) is 3.98. The van der Waals surface area contributed by atoms with E-state index in [0.717, 1.165) is 53.9 Å². The fourth-order valence-electron chi connectivity index (χ4n) is 5.05. The Balaban J connectivity index is 0.00000480. The minimum absolute atomic E-state index is 0. The molecule has 3 unspecified atom stereocenters. The van der Waals surface area contributed by atoms with Crippen LogP contribution in [0.15, 0.2) is 6.07 Å². The lowest BCUT2D eigenvalue weighted by atomic mass is 9.84. The summed E-state index contributed by atoms with van der Waals surface area (Å²) >= 11 is 0.